The number of rotatable bonds is 5. The number of benzene rings is 2. The van der Waals surface area contributed by atoms with E-state index in [-0.39, 0.29) is 5.91 Å². The number of nitrogens with zero attached hydrogens (tertiary/aromatic N) is 4. The summed E-state index contributed by atoms with van der Waals surface area (Å²) in [5.74, 6) is 1.49. The second-order valence-corrected chi connectivity index (χ2v) is 7.72. The normalized spacial score (nSPS) is 11.1. The number of nitrogens with one attached hydrogen (secondary N) is 4. The Morgan fingerprint density at radius 2 is 1.79 bits per heavy atom. The number of carbonyl (C=O) groups excluding carboxylic acids is 1. The first kappa shape index (κ1) is 19.6. The van der Waals surface area contributed by atoms with Gasteiger partial charge < -0.3 is 15.6 Å². The average Bonchev–Trinajstić information content (AvgIpc) is 3.51. The molecule has 0 atom stereocenters. The van der Waals surface area contributed by atoms with Gasteiger partial charge in [0.25, 0.3) is 5.91 Å². The van der Waals surface area contributed by atoms with Gasteiger partial charge in [-0.1, -0.05) is 18.2 Å². The van der Waals surface area contributed by atoms with Crippen molar-refractivity contribution in [3.8, 4) is 11.4 Å². The molecule has 0 aliphatic carbocycles. The highest BCUT2D eigenvalue weighted by Crippen LogP contribution is 2.25. The van der Waals surface area contributed by atoms with Crippen LogP contribution in [0.4, 0.5) is 17.3 Å². The zero-order valence-corrected chi connectivity index (χ0v) is 17.8. The van der Waals surface area contributed by atoms with Gasteiger partial charge in [0.1, 0.15) is 17.3 Å². The van der Waals surface area contributed by atoms with Gasteiger partial charge in [-0.05, 0) is 48.5 Å². The molecule has 9 nitrogen and oxygen atoms in total. The first-order chi connectivity index (χ1) is 16.7. The Labute approximate surface area is 193 Å². The maximum absolute atomic E-state index is 12.6. The van der Waals surface area contributed by atoms with Gasteiger partial charge in [0.2, 0.25) is 0 Å². The molecule has 6 rings (SSSR count). The summed E-state index contributed by atoms with van der Waals surface area (Å²) in [5, 5.41) is 15.0. The lowest BCUT2D eigenvalue weighted by molar-refractivity contribution is 0.102. The molecule has 2 aromatic carbocycles. The molecule has 4 heterocycles. The molecule has 34 heavy (non-hydrogen) atoms. The molecule has 0 aliphatic rings. The van der Waals surface area contributed by atoms with Gasteiger partial charge in [-0.25, -0.2) is 15.0 Å². The van der Waals surface area contributed by atoms with E-state index in [4.69, 9.17) is 0 Å². The Kier molecular flexibility index (Phi) is 4.70. The molecule has 164 valence electrons. The van der Waals surface area contributed by atoms with Crippen LogP contribution in [0.1, 0.15) is 10.5 Å². The number of aromatic nitrogens is 6. The molecular weight excluding hydrogens is 428 g/mol. The van der Waals surface area contributed by atoms with Gasteiger partial charge >= 0.3 is 0 Å². The van der Waals surface area contributed by atoms with Gasteiger partial charge in [0.15, 0.2) is 5.82 Å². The second-order valence-electron chi connectivity index (χ2n) is 7.72. The van der Waals surface area contributed by atoms with E-state index in [2.05, 4.69) is 40.8 Å². The van der Waals surface area contributed by atoms with Gasteiger partial charge in [-0.15, -0.1) is 0 Å². The maximum Gasteiger partial charge on any atom is 0.273 e. The summed E-state index contributed by atoms with van der Waals surface area (Å²) in [6.45, 7) is 0. The van der Waals surface area contributed by atoms with E-state index in [1.165, 1.54) is 0 Å². The van der Waals surface area contributed by atoms with Crippen LogP contribution in [0.5, 0.6) is 0 Å². The summed E-state index contributed by atoms with van der Waals surface area (Å²) in [6, 6.07) is 20.7. The number of fused-ring (bicyclic) bond motifs is 2. The standard InChI is InChI=1S/C25H18N8O/c34-25(32-22-3-1-2-9-26-22)21-12-15-4-5-16(13-20(15)30-21)24-27-10-8-23(31-24)29-18-6-7-19-17(11-18)14-28-33-19/h1-14,30H,(H,28,33)(H,26,32,34)(H,27,29,31). The Morgan fingerprint density at radius 3 is 2.71 bits per heavy atom. The summed E-state index contributed by atoms with van der Waals surface area (Å²) in [4.78, 5) is 29.0. The highest BCUT2D eigenvalue weighted by atomic mass is 16.1. The van der Waals surface area contributed by atoms with Crippen LogP contribution in [0.25, 0.3) is 33.2 Å². The van der Waals surface area contributed by atoms with Crippen molar-refractivity contribution >= 4 is 45.0 Å². The molecule has 0 aliphatic heterocycles. The number of carbonyl (C=O) groups is 1. The number of H-pyrrole nitrogens is 2. The molecule has 9 heteroatoms. The molecular formula is C25H18N8O. The predicted molar refractivity (Wildman–Crippen MR) is 131 cm³/mol. The highest BCUT2D eigenvalue weighted by molar-refractivity contribution is 6.05. The minimum Gasteiger partial charge on any atom is -0.350 e. The van der Waals surface area contributed by atoms with Crippen LogP contribution in [0.2, 0.25) is 0 Å². The molecule has 4 N–H and O–H groups in total. The third-order valence-corrected chi connectivity index (χ3v) is 5.40. The average molecular weight is 446 g/mol. The van der Waals surface area contributed by atoms with Crippen LogP contribution in [0, 0.1) is 0 Å². The van der Waals surface area contributed by atoms with Crippen molar-refractivity contribution < 1.29 is 4.79 Å². The van der Waals surface area contributed by atoms with Crippen molar-refractivity contribution in [3.63, 3.8) is 0 Å². The summed E-state index contributed by atoms with van der Waals surface area (Å²) in [6.07, 6.45) is 5.12. The molecule has 4 aromatic heterocycles. The number of hydrogen-bond donors (Lipinski definition) is 4. The van der Waals surface area contributed by atoms with Gasteiger partial charge in [0, 0.05) is 39.9 Å². The highest BCUT2D eigenvalue weighted by Gasteiger charge is 2.12. The summed E-state index contributed by atoms with van der Waals surface area (Å²) < 4.78 is 0. The lowest BCUT2D eigenvalue weighted by Crippen LogP contribution is -2.12. The van der Waals surface area contributed by atoms with Crippen LogP contribution >= 0.6 is 0 Å². The SMILES string of the molecule is O=C(Nc1ccccn1)c1cc2ccc(-c3nccc(Nc4ccc5[nH]ncc5c4)n3)cc2[nH]1. The minimum atomic E-state index is -0.256. The molecule has 0 bridgehead atoms. The fourth-order valence-electron chi connectivity index (χ4n) is 3.74. The fraction of sp³-hybridized carbons (Fsp3) is 0. The third-order valence-electron chi connectivity index (χ3n) is 5.40. The fourth-order valence-corrected chi connectivity index (χ4v) is 3.74. The monoisotopic (exact) mass is 446 g/mol. The summed E-state index contributed by atoms with van der Waals surface area (Å²) >= 11 is 0. The van der Waals surface area contributed by atoms with Crippen molar-refractivity contribution in [1.29, 1.82) is 0 Å². The number of pyridine rings is 1. The molecule has 0 unspecified atom stereocenters. The smallest absolute Gasteiger partial charge is 0.273 e. The second kappa shape index (κ2) is 8.14. The van der Waals surface area contributed by atoms with Crippen molar-refractivity contribution in [1.82, 2.24) is 30.1 Å². The van der Waals surface area contributed by atoms with Crippen LogP contribution < -0.4 is 10.6 Å². The first-order valence-corrected chi connectivity index (χ1v) is 10.6. The summed E-state index contributed by atoms with van der Waals surface area (Å²) in [7, 11) is 0. The lowest BCUT2D eigenvalue weighted by atomic mass is 10.1. The van der Waals surface area contributed by atoms with E-state index in [0.29, 0.717) is 23.2 Å². The molecule has 0 saturated carbocycles. The van der Waals surface area contributed by atoms with Crippen molar-refractivity contribution in [2.45, 2.75) is 0 Å². The van der Waals surface area contributed by atoms with Gasteiger partial charge in [0.05, 0.1) is 11.7 Å². The lowest BCUT2D eigenvalue weighted by Gasteiger charge is -2.07. The minimum absolute atomic E-state index is 0.256. The van der Waals surface area contributed by atoms with E-state index in [9.17, 15) is 4.79 Å². The predicted octanol–water partition coefficient (Wildman–Crippen LogP) is 4.89. The van der Waals surface area contributed by atoms with E-state index < -0.39 is 0 Å². The molecule has 6 aromatic rings. The Balaban J connectivity index is 1.25. The number of aromatic amines is 2. The zero-order valence-electron chi connectivity index (χ0n) is 17.8. The van der Waals surface area contributed by atoms with Crippen molar-refractivity contribution in [2.24, 2.45) is 0 Å². The molecule has 0 fully saturated rings. The van der Waals surface area contributed by atoms with E-state index in [1.54, 1.807) is 30.7 Å². The van der Waals surface area contributed by atoms with Crippen LogP contribution in [0.15, 0.2) is 85.3 Å². The number of hydrogen-bond acceptors (Lipinski definition) is 6. The molecule has 0 radical (unpaired) electrons. The van der Waals surface area contributed by atoms with Gasteiger partial charge in [-0.3, -0.25) is 9.89 Å². The third kappa shape index (κ3) is 3.82. The molecule has 0 spiro atoms. The first-order valence-electron chi connectivity index (χ1n) is 10.6. The zero-order chi connectivity index (χ0) is 22.9. The maximum atomic E-state index is 12.6. The quantitative estimate of drug-likeness (QED) is 0.299. The van der Waals surface area contributed by atoms with Crippen LogP contribution in [-0.4, -0.2) is 36.0 Å². The van der Waals surface area contributed by atoms with E-state index in [1.807, 2.05) is 54.6 Å². The van der Waals surface area contributed by atoms with Crippen LogP contribution in [-0.2, 0) is 0 Å². The van der Waals surface area contributed by atoms with Crippen molar-refractivity contribution in [3.05, 3.63) is 91.0 Å². The largest absolute Gasteiger partial charge is 0.350 e. The molecule has 1 amide bonds. The Bertz CT molecular complexity index is 1640. The number of amides is 1. The van der Waals surface area contributed by atoms with Crippen LogP contribution in [0.3, 0.4) is 0 Å². The van der Waals surface area contributed by atoms with E-state index in [0.717, 1.165) is 33.1 Å². The van der Waals surface area contributed by atoms with Crippen molar-refractivity contribution in [2.75, 3.05) is 10.6 Å². The Hall–Kier alpha value is -5.05. The summed E-state index contributed by atoms with van der Waals surface area (Å²) in [5.41, 5.74) is 3.97. The Morgan fingerprint density at radius 1 is 0.824 bits per heavy atom. The van der Waals surface area contributed by atoms with E-state index >= 15 is 0 Å². The number of anilines is 3. The molecule has 0 saturated heterocycles. The topological polar surface area (TPSA) is 124 Å². The van der Waals surface area contributed by atoms with Gasteiger partial charge in [-0.2, -0.15) is 5.10 Å².